The summed E-state index contributed by atoms with van der Waals surface area (Å²) < 4.78 is 0. The number of unbranched alkanes of at least 4 members (excludes halogenated alkanes) is 2. The van der Waals surface area contributed by atoms with Gasteiger partial charge in [0.15, 0.2) is 0 Å². The lowest BCUT2D eigenvalue weighted by Crippen LogP contribution is -2.28. The lowest BCUT2D eigenvalue weighted by atomic mass is 9.72. The molecule has 0 bridgehead atoms. The minimum Gasteiger partial charge on any atom is -0.0654 e. The summed E-state index contributed by atoms with van der Waals surface area (Å²) in [6.45, 7) is 7.16. The predicted octanol–water partition coefficient (Wildman–Crippen LogP) is 7.06. The van der Waals surface area contributed by atoms with E-state index in [1.807, 2.05) is 0 Å². The van der Waals surface area contributed by atoms with Gasteiger partial charge in [0.2, 0.25) is 0 Å². The van der Waals surface area contributed by atoms with Crippen molar-refractivity contribution in [3.63, 3.8) is 0 Å². The maximum absolute atomic E-state index is 2.45. The topological polar surface area (TPSA) is 0 Å². The molecule has 1 atom stereocenters. The van der Waals surface area contributed by atoms with Crippen LogP contribution in [0.25, 0.3) is 0 Å². The van der Waals surface area contributed by atoms with Crippen molar-refractivity contribution < 1.29 is 0 Å². The molecule has 0 aromatic rings. The molecule has 0 spiro atoms. The van der Waals surface area contributed by atoms with E-state index in [0.717, 1.165) is 23.7 Å². The summed E-state index contributed by atoms with van der Waals surface area (Å²) in [7, 11) is -0.287. The lowest BCUT2D eigenvalue weighted by molar-refractivity contribution is 0.175. The van der Waals surface area contributed by atoms with Crippen LogP contribution >= 0.6 is 0 Å². The zero-order valence-electron chi connectivity index (χ0n) is 15.8. The zero-order valence-corrected chi connectivity index (χ0v) is 16.9. The Kier molecular flexibility index (Phi) is 8.57. The highest BCUT2D eigenvalue weighted by Gasteiger charge is 2.31. The van der Waals surface area contributed by atoms with Gasteiger partial charge in [-0.25, -0.2) is 0 Å². The van der Waals surface area contributed by atoms with Gasteiger partial charge in [-0.05, 0) is 42.9 Å². The maximum Gasteiger partial charge on any atom is 0.0368 e. The third-order valence-corrected chi connectivity index (χ3v) is 10.6. The van der Waals surface area contributed by atoms with Gasteiger partial charge in [-0.1, -0.05) is 90.3 Å². The minimum absolute atomic E-state index is 0.287. The quantitative estimate of drug-likeness (QED) is 0.331. The van der Waals surface area contributed by atoms with E-state index in [4.69, 9.17) is 0 Å². The van der Waals surface area contributed by atoms with Crippen LogP contribution in [0.15, 0.2) is 0 Å². The highest BCUT2D eigenvalue weighted by Crippen LogP contribution is 2.42. The van der Waals surface area contributed by atoms with Gasteiger partial charge in [-0.15, -0.1) is 0 Å². The van der Waals surface area contributed by atoms with E-state index >= 15 is 0 Å². The van der Waals surface area contributed by atoms with E-state index in [2.05, 4.69) is 20.8 Å². The van der Waals surface area contributed by atoms with Gasteiger partial charge >= 0.3 is 0 Å². The molecule has 2 rings (SSSR count). The van der Waals surface area contributed by atoms with Gasteiger partial charge in [0, 0.05) is 8.80 Å². The zero-order chi connectivity index (χ0) is 15.8. The third-order valence-electron chi connectivity index (χ3n) is 7.10. The van der Waals surface area contributed by atoms with Gasteiger partial charge in [-0.3, -0.25) is 0 Å². The lowest BCUT2D eigenvalue weighted by Gasteiger charge is -2.38. The molecule has 1 heterocycles. The predicted molar refractivity (Wildman–Crippen MR) is 103 cm³/mol. The third kappa shape index (κ3) is 6.02. The Morgan fingerprint density at radius 1 is 0.864 bits per heavy atom. The average Bonchev–Trinajstić information content (AvgIpc) is 2.56. The Morgan fingerprint density at radius 2 is 1.50 bits per heavy atom. The Bertz CT molecular complexity index is 272. The van der Waals surface area contributed by atoms with E-state index in [-0.39, 0.29) is 8.80 Å². The SMILES string of the molecule is CCCCC[SiH]1CCC(C2CCC(CC(C)CC)CC2)CC1. The monoisotopic (exact) mass is 322 g/mol. The number of rotatable bonds is 8. The van der Waals surface area contributed by atoms with Crippen LogP contribution in [0.3, 0.4) is 0 Å². The molecule has 0 amide bonds. The van der Waals surface area contributed by atoms with E-state index in [9.17, 15) is 0 Å². The van der Waals surface area contributed by atoms with Crippen molar-refractivity contribution in [2.24, 2.45) is 23.7 Å². The molecule has 1 unspecified atom stereocenters. The number of hydrogen-bond donors (Lipinski definition) is 0. The summed E-state index contributed by atoms with van der Waals surface area (Å²) in [6.07, 6.45) is 16.9. The molecular formula is C21H42Si. The molecule has 1 aliphatic carbocycles. The fourth-order valence-corrected chi connectivity index (χ4v) is 8.79. The van der Waals surface area contributed by atoms with Crippen LogP contribution in [0.4, 0.5) is 0 Å². The second-order valence-electron chi connectivity index (χ2n) is 8.81. The highest BCUT2D eigenvalue weighted by atomic mass is 28.3. The summed E-state index contributed by atoms with van der Waals surface area (Å²) in [4.78, 5) is 0. The van der Waals surface area contributed by atoms with Gasteiger partial charge in [0.1, 0.15) is 0 Å². The first kappa shape index (κ1) is 18.6. The first-order valence-corrected chi connectivity index (χ1v) is 13.2. The minimum atomic E-state index is -0.287. The van der Waals surface area contributed by atoms with Gasteiger partial charge in [0.25, 0.3) is 0 Å². The van der Waals surface area contributed by atoms with Crippen molar-refractivity contribution in [3.8, 4) is 0 Å². The molecule has 2 aliphatic rings. The molecule has 1 heteroatoms. The summed E-state index contributed by atoms with van der Waals surface area (Å²) >= 11 is 0. The molecule has 0 radical (unpaired) electrons. The number of hydrogen-bond acceptors (Lipinski definition) is 0. The summed E-state index contributed by atoms with van der Waals surface area (Å²) in [5, 5.41) is 0. The molecule has 0 nitrogen and oxygen atoms in total. The molecule has 1 saturated carbocycles. The first-order chi connectivity index (χ1) is 10.7. The van der Waals surface area contributed by atoms with E-state index in [1.54, 1.807) is 63.1 Å². The summed E-state index contributed by atoms with van der Waals surface area (Å²) in [5.74, 6) is 4.30. The molecule has 1 aliphatic heterocycles. The van der Waals surface area contributed by atoms with Crippen LogP contribution in [0, 0.1) is 23.7 Å². The molecule has 0 N–H and O–H groups in total. The highest BCUT2D eigenvalue weighted by molar-refractivity contribution is 6.58. The standard InChI is InChI=1S/C21H42Si/c1-4-6-7-14-22-15-12-21(13-16-22)20-10-8-19(9-11-20)17-18(3)5-2/h18-22H,4-17H2,1-3H3. The smallest absolute Gasteiger partial charge is 0.0368 e. The Balaban J connectivity index is 1.62. The van der Waals surface area contributed by atoms with E-state index < -0.39 is 0 Å². The molecular weight excluding hydrogens is 280 g/mol. The van der Waals surface area contributed by atoms with Crippen molar-refractivity contribution in [2.45, 2.75) is 110 Å². The molecule has 1 saturated heterocycles. The average molecular weight is 323 g/mol. The van der Waals surface area contributed by atoms with Crippen molar-refractivity contribution in [1.82, 2.24) is 0 Å². The second-order valence-corrected chi connectivity index (χ2v) is 12.3. The maximum atomic E-state index is 2.45. The van der Waals surface area contributed by atoms with Crippen molar-refractivity contribution in [2.75, 3.05) is 0 Å². The van der Waals surface area contributed by atoms with Crippen molar-refractivity contribution >= 4 is 8.80 Å². The van der Waals surface area contributed by atoms with E-state index in [0.29, 0.717) is 0 Å². The van der Waals surface area contributed by atoms with Gasteiger partial charge in [0.05, 0.1) is 0 Å². The normalized spacial score (nSPS) is 34.5. The Morgan fingerprint density at radius 3 is 2.09 bits per heavy atom. The largest absolute Gasteiger partial charge is 0.0654 e. The van der Waals surface area contributed by atoms with Crippen molar-refractivity contribution in [1.29, 1.82) is 0 Å². The van der Waals surface area contributed by atoms with Crippen LogP contribution in [-0.2, 0) is 0 Å². The van der Waals surface area contributed by atoms with Crippen LogP contribution in [0.5, 0.6) is 0 Å². The van der Waals surface area contributed by atoms with Crippen LogP contribution in [-0.4, -0.2) is 8.80 Å². The molecule has 0 aromatic heterocycles. The van der Waals surface area contributed by atoms with Crippen LogP contribution < -0.4 is 0 Å². The summed E-state index contributed by atoms with van der Waals surface area (Å²) in [6, 6.07) is 5.06. The fraction of sp³-hybridized carbons (Fsp3) is 1.00. The molecule has 22 heavy (non-hydrogen) atoms. The van der Waals surface area contributed by atoms with Gasteiger partial charge in [-0.2, -0.15) is 0 Å². The molecule has 0 aromatic carbocycles. The first-order valence-electron chi connectivity index (χ1n) is 10.7. The fourth-order valence-electron chi connectivity index (χ4n) is 5.26. The van der Waals surface area contributed by atoms with E-state index in [1.165, 1.54) is 25.7 Å². The van der Waals surface area contributed by atoms with Crippen molar-refractivity contribution in [3.05, 3.63) is 0 Å². The van der Waals surface area contributed by atoms with Crippen LogP contribution in [0.2, 0.25) is 18.1 Å². The molecule has 130 valence electrons. The van der Waals surface area contributed by atoms with Crippen LogP contribution in [0.1, 0.15) is 91.4 Å². The molecule has 2 fully saturated rings. The Labute approximate surface area is 142 Å². The Hall–Kier alpha value is 0.217. The summed E-state index contributed by atoms with van der Waals surface area (Å²) in [5.41, 5.74) is 0. The van der Waals surface area contributed by atoms with Gasteiger partial charge < -0.3 is 0 Å². The second kappa shape index (κ2) is 10.2.